The maximum atomic E-state index is 12.4. The lowest BCUT2D eigenvalue weighted by atomic mass is 10.2. The van der Waals surface area contributed by atoms with Crippen molar-refractivity contribution in [2.45, 2.75) is 30.7 Å². The molecule has 5 nitrogen and oxygen atoms in total. The quantitative estimate of drug-likeness (QED) is 0.831. The van der Waals surface area contributed by atoms with Gasteiger partial charge in [-0.2, -0.15) is 8.73 Å². The Balaban J connectivity index is 2.31. The van der Waals surface area contributed by atoms with Gasteiger partial charge in [-0.15, -0.1) is 11.6 Å². The van der Waals surface area contributed by atoms with E-state index in [1.54, 1.807) is 18.2 Å². The Bertz CT molecular complexity index is 639. The first-order chi connectivity index (χ1) is 9.08. The fourth-order valence-electron chi connectivity index (χ4n) is 1.76. The van der Waals surface area contributed by atoms with Crippen molar-refractivity contribution in [3.8, 4) is 0 Å². The van der Waals surface area contributed by atoms with E-state index in [1.807, 2.05) is 6.92 Å². The van der Waals surface area contributed by atoms with E-state index in [-0.39, 0.29) is 10.9 Å². The van der Waals surface area contributed by atoms with Gasteiger partial charge in [-0.3, -0.25) is 0 Å². The Kier molecular flexibility index (Phi) is 4.72. The van der Waals surface area contributed by atoms with Crippen molar-refractivity contribution in [3.63, 3.8) is 0 Å². The van der Waals surface area contributed by atoms with E-state index < -0.39 is 10.0 Å². The third-order valence-electron chi connectivity index (χ3n) is 2.81. The molecule has 1 unspecified atom stereocenters. The number of nitrogens with zero attached hydrogens (tertiary/aromatic N) is 2. The van der Waals surface area contributed by atoms with Crippen LogP contribution in [0.25, 0.3) is 0 Å². The van der Waals surface area contributed by atoms with Crippen molar-refractivity contribution in [1.82, 2.24) is 4.72 Å². The lowest BCUT2D eigenvalue weighted by Gasteiger charge is -2.16. The highest BCUT2D eigenvalue weighted by molar-refractivity contribution is 7.89. The summed E-state index contributed by atoms with van der Waals surface area (Å²) in [5, 5.41) is 0. The molecule has 1 aliphatic rings. The minimum absolute atomic E-state index is 0.163. The number of sulfonamides is 1. The van der Waals surface area contributed by atoms with Gasteiger partial charge in [-0.1, -0.05) is 13.0 Å². The highest BCUT2D eigenvalue weighted by Gasteiger charge is 2.24. The number of nitrogens with one attached hydrogen (secondary N) is 1. The molecule has 0 fully saturated rings. The standard InChI is InChI=1S/C11H14ClN3O2S2/c1-2-8(6-7-12)15-19(16,17)10-5-3-4-9-11(10)14-18-13-9/h3-5,8,15H,2,6-7H2,1H3. The molecule has 1 atom stereocenters. The van der Waals surface area contributed by atoms with E-state index in [1.165, 1.54) is 0 Å². The molecule has 1 aromatic carbocycles. The van der Waals surface area contributed by atoms with Crippen molar-refractivity contribution in [2.24, 2.45) is 8.73 Å². The lowest BCUT2D eigenvalue weighted by Crippen LogP contribution is -2.34. The third kappa shape index (κ3) is 3.22. The Morgan fingerprint density at radius 1 is 1.42 bits per heavy atom. The largest absolute Gasteiger partial charge is 0.243 e. The predicted octanol–water partition coefficient (Wildman–Crippen LogP) is 3.10. The van der Waals surface area contributed by atoms with E-state index in [0.29, 0.717) is 30.1 Å². The SMILES string of the molecule is CCC(CCCl)NS(=O)(=O)c1cccc2c1N=S=N2. The molecule has 1 heterocycles. The van der Waals surface area contributed by atoms with Crippen LogP contribution in [0.3, 0.4) is 0 Å². The number of hydrogen-bond donors (Lipinski definition) is 1. The zero-order chi connectivity index (χ0) is 13.9. The summed E-state index contributed by atoms with van der Waals surface area (Å²) in [4.78, 5) is 0.173. The van der Waals surface area contributed by atoms with Crippen LogP contribution in [0.15, 0.2) is 31.8 Å². The summed E-state index contributed by atoms with van der Waals surface area (Å²) in [5.74, 6) is 0.420. The predicted molar refractivity (Wildman–Crippen MR) is 77.7 cm³/mol. The number of hydrogen-bond acceptors (Lipinski definition) is 4. The molecule has 1 aromatic rings. The van der Waals surface area contributed by atoms with Gasteiger partial charge in [0.05, 0.1) is 11.4 Å². The van der Waals surface area contributed by atoms with Gasteiger partial charge < -0.3 is 0 Å². The van der Waals surface area contributed by atoms with Crippen LogP contribution in [-0.4, -0.2) is 20.3 Å². The van der Waals surface area contributed by atoms with Gasteiger partial charge in [-0.05, 0) is 25.0 Å². The Hall–Kier alpha value is -0.760. The van der Waals surface area contributed by atoms with Crippen molar-refractivity contribution in [3.05, 3.63) is 18.2 Å². The minimum atomic E-state index is -3.59. The summed E-state index contributed by atoms with van der Waals surface area (Å²) in [7, 11) is -3.59. The maximum Gasteiger partial charge on any atom is 0.243 e. The topological polar surface area (TPSA) is 70.9 Å². The van der Waals surface area contributed by atoms with Crippen LogP contribution < -0.4 is 4.72 Å². The van der Waals surface area contributed by atoms with Crippen LogP contribution in [0, 0.1) is 0 Å². The average Bonchev–Trinajstić information content (AvgIpc) is 2.85. The molecule has 0 aromatic heterocycles. The number of rotatable bonds is 6. The van der Waals surface area contributed by atoms with Gasteiger partial charge in [0, 0.05) is 11.9 Å². The summed E-state index contributed by atoms with van der Waals surface area (Å²) < 4.78 is 35.5. The van der Waals surface area contributed by atoms with E-state index in [4.69, 9.17) is 11.6 Å². The molecule has 1 N–H and O–H groups in total. The third-order valence-corrected chi connectivity index (χ3v) is 5.12. The number of alkyl halides is 1. The van der Waals surface area contributed by atoms with Crippen LogP contribution in [0.5, 0.6) is 0 Å². The Morgan fingerprint density at radius 2 is 2.21 bits per heavy atom. The summed E-state index contributed by atoms with van der Waals surface area (Å²) in [6, 6.07) is 4.79. The summed E-state index contributed by atoms with van der Waals surface area (Å²) in [6.07, 6.45) is 1.29. The maximum absolute atomic E-state index is 12.4. The molecule has 0 saturated carbocycles. The van der Waals surface area contributed by atoms with Crippen molar-refractivity contribution < 1.29 is 8.42 Å². The van der Waals surface area contributed by atoms with Gasteiger partial charge in [-0.25, -0.2) is 13.1 Å². The molecular weight excluding hydrogens is 306 g/mol. The first-order valence-electron chi connectivity index (χ1n) is 5.88. The van der Waals surface area contributed by atoms with Crippen LogP contribution in [0.4, 0.5) is 11.4 Å². The second-order valence-corrected chi connectivity index (χ2v) is 6.68. The zero-order valence-corrected chi connectivity index (χ0v) is 12.7. The van der Waals surface area contributed by atoms with Gasteiger partial charge in [0.1, 0.15) is 16.3 Å². The second kappa shape index (κ2) is 6.13. The first-order valence-corrected chi connectivity index (χ1v) is 8.63. The smallest absolute Gasteiger partial charge is 0.208 e. The lowest BCUT2D eigenvalue weighted by molar-refractivity contribution is 0.532. The van der Waals surface area contributed by atoms with E-state index in [0.717, 1.165) is 11.4 Å². The molecule has 19 heavy (non-hydrogen) atoms. The van der Waals surface area contributed by atoms with Gasteiger partial charge in [0.25, 0.3) is 0 Å². The van der Waals surface area contributed by atoms with E-state index in [2.05, 4.69) is 13.4 Å². The average molecular weight is 320 g/mol. The van der Waals surface area contributed by atoms with Crippen LogP contribution in [0.2, 0.25) is 0 Å². The number of halogens is 1. The fraction of sp³-hybridized carbons (Fsp3) is 0.455. The molecule has 0 spiro atoms. The highest BCUT2D eigenvalue weighted by Crippen LogP contribution is 2.37. The monoisotopic (exact) mass is 319 g/mol. The summed E-state index contributed by atoms with van der Waals surface area (Å²) in [6.45, 7) is 1.92. The summed E-state index contributed by atoms with van der Waals surface area (Å²) in [5.41, 5.74) is 1.01. The van der Waals surface area contributed by atoms with E-state index >= 15 is 0 Å². The van der Waals surface area contributed by atoms with Crippen molar-refractivity contribution in [1.29, 1.82) is 0 Å². The van der Waals surface area contributed by atoms with Crippen molar-refractivity contribution >= 4 is 44.4 Å². The molecule has 0 bridgehead atoms. The normalized spacial score (nSPS) is 15.1. The zero-order valence-electron chi connectivity index (χ0n) is 10.3. The highest BCUT2D eigenvalue weighted by atomic mass is 35.5. The molecule has 0 saturated heterocycles. The minimum Gasteiger partial charge on any atom is -0.208 e. The molecule has 2 rings (SSSR count). The fourth-order valence-corrected chi connectivity index (χ4v) is 4.14. The van der Waals surface area contributed by atoms with Crippen LogP contribution in [-0.2, 0) is 21.4 Å². The molecule has 1 aliphatic heterocycles. The van der Waals surface area contributed by atoms with Crippen molar-refractivity contribution in [2.75, 3.05) is 5.88 Å². The molecule has 0 aliphatic carbocycles. The molecule has 0 radical (unpaired) electrons. The van der Waals surface area contributed by atoms with Gasteiger partial charge in [0.2, 0.25) is 10.0 Å². The Morgan fingerprint density at radius 3 is 2.89 bits per heavy atom. The van der Waals surface area contributed by atoms with Crippen LogP contribution >= 0.6 is 11.6 Å². The number of benzene rings is 1. The first kappa shape index (κ1) is 14.6. The second-order valence-electron chi connectivity index (χ2n) is 4.09. The van der Waals surface area contributed by atoms with Gasteiger partial charge in [0.15, 0.2) is 0 Å². The molecule has 8 heteroatoms. The number of fused-ring (bicyclic) bond motifs is 1. The molecule has 104 valence electrons. The summed E-state index contributed by atoms with van der Waals surface area (Å²) >= 11 is 6.68. The molecule has 0 amide bonds. The Labute approximate surface area is 121 Å². The molecular formula is C11H14ClN3O2S2. The van der Waals surface area contributed by atoms with Crippen LogP contribution in [0.1, 0.15) is 19.8 Å². The van der Waals surface area contributed by atoms with E-state index in [9.17, 15) is 8.42 Å². The van der Waals surface area contributed by atoms with Gasteiger partial charge >= 0.3 is 0 Å².